The molecule has 0 N–H and O–H groups in total. The van der Waals surface area contributed by atoms with Crippen LogP contribution in [-0.4, -0.2) is 57.9 Å². The van der Waals surface area contributed by atoms with Gasteiger partial charge in [-0.05, 0) is 43.9 Å². The van der Waals surface area contributed by atoms with Crippen LogP contribution in [0.2, 0.25) is 0 Å². The van der Waals surface area contributed by atoms with Crippen molar-refractivity contribution < 1.29 is 9.53 Å². The summed E-state index contributed by atoms with van der Waals surface area (Å²) in [5.41, 5.74) is 1.84. The number of aromatic nitrogens is 2. The van der Waals surface area contributed by atoms with Crippen molar-refractivity contribution in [1.82, 2.24) is 14.3 Å². The van der Waals surface area contributed by atoms with E-state index in [4.69, 9.17) is 21.9 Å². The van der Waals surface area contributed by atoms with Crippen LogP contribution in [-0.2, 0) is 9.53 Å². The number of ether oxygens (including phenoxy) is 1. The largest absolute Gasteiger partial charge is 0.383 e. The van der Waals surface area contributed by atoms with Gasteiger partial charge in [-0.2, -0.15) is 0 Å². The van der Waals surface area contributed by atoms with E-state index in [1.54, 1.807) is 23.8 Å². The molecule has 7 nitrogen and oxygen atoms in total. The second-order valence-electron chi connectivity index (χ2n) is 7.41. The Kier molecular flexibility index (Phi) is 6.21. The molecule has 0 aromatic carbocycles. The molecule has 2 aromatic heterocycles. The van der Waals surface area contributed by atoms with E-state index >= 15 is 0 Å². The highest BCUT2D eigenvalue weighted by Gasteiger charge is 2.32. The van der Waals surface area contributed by atoms with Crippen molar-refractivity contribution in [3.05, 3.63) is 44.7 Å². The average molecular weight is 445 g/mol. The van der Waals surface area contributed by atoms with Gasteiger partial charge in [0.2, 0.25) is 0 Å². The summed E-state index contributed by atoms with van der Waals surface area (Å²) >= 11 is 6.59. The zero-order chi connectivity index (χ0) is 21.3. The van der Waals surface area contributed by atoms with Gasteiger partial charge in [0, 0.05) is 26.4 Å². The van der Waals surface area contributed by atoms with E-state index in [9.17, 15) is 9.59 Å². The third kappa shape index (κ3) is 3.89. The van der Waals surface area contributed by atoms with Crippen LogP contribution in [0.5, 0.6) is 0 Å². The van der Waals surface area contributed by atoms with Crippen molar-refractivity contribution in [1.29, 1.82) is 0 Å². The smallest absolute Gasteiger partial charge is 0.267 e. The Hall–Kier alpha value is -2.23. The number of nitrogens with zero attached hydrogens (tertiary/aromatic N) is 4. The molecule has 0 aliphatic carbocycles. The predicted octanol–water partition coefficient (Wildman–Crippen LogP) is 2.84. The van der Waals surface area contributed by atoms with Gasteiger partial charge < -0.3 is 9.64 Å². The summed E-state index contributed by atoms with van der Waals surface area (Å²) in [5.74, 6) is 0.455. The number of amides is 1. The van der Waals surface area contributed by atoms with Crippen LogP contribution in [0, 0.1) is 6.92 Å². The highest BCUT2D eigenvalue weighted by Crippen LogP contribution is 2.33. The maximum Gasteiger partial charge on any atom is 0.267 e. The van der Waals surface area contributed by atoms with Crippen molar-refractivity contribution in [2.75, 3.05) is 38.3 Å². The Labute approximate surface area is 184 Å². The first-order valence-electron chi connectivity index (χ1n) is 10.0. The standard InChI is InChI=1S/C21H24N4O3S2/c1-14-7-6-10-24-17(14)22-18(23-8-4-3-5-9-23)15(19(24)26)13-16-20(27)25(11-12-28-2)21(29)30-16/h6-7,10,13H,3-5,8-9,11-12H2,1-2H3. The van der Waals surface area contributed by atoms with Crippen LogP contribution < -0.4 is 10.5 Å². The van der Waals surface area contributed by atoms with Crippen LogP contribution in [0.25, 0.3) is 11.7 Å². The molecule has 2 aliphatic rings. The van der Waals surface area contributed by atoms with E-state index in [0.29, 0.717) is 39.4 Å². The number of hydrogen-bond donors (Lipinski definition) is 0. The summed E-state index contributed by atoms with van der Waals surface area (Å²) in [4.78, 5) is 35.3. The molecule has 2 fully saturated rings. The lowest BCUT2D eigenvalue weighted by Gasteiger charge is -2.29. The van der Waals surface area contributed by atoms with Crippen molar-refractivity contribution >= 4 is 51.7 Å². The van der Waals surface area contributed by atoms with Gasteiger partial charge in [-0.3, -0.25) is 18.9 Å². The first-order chi connectivity index (χ1) is 14.5. The molecule has 0 saturated carbocycles. The van der Waals surface area contributed by atoms with E-state index in [1.807, 2.05) is 19.1 Å². The molecule has 9 heteroatoms. The number of pyridine rings is 1. The first kappa shape index (κ1) is 21.0. The molecular formula is C21H24N4O3S2. The predicted molar refractivity (Wildman–Crippen MR) is 124 cm³/mol. The number of fused-ring (bicyclic) bond motifs is 1. The number of hydrogen-bond acceptors (Lipinski definition) is 7. The lowest BCUT2D eigenvalue weighted by molar-refractivity contribution is -0.122. The molecule has 1 amide bonds. The topological polar surface area (TPSA) is 67.2 Å². The minimum atomic E-state index is -0.194. The van der Waals surface area contributed by atoms with E-state index in [-0.39, 0.29) is 11.5 Å². The number of carbonyl (C=O) groups is 1. The number of piperidine rings is 1. The van der Waals surface area contributed by atoms with Crippen LogP contribution in [0.3, 0.4) is 0 Å². The number of aryl methyl sites for hydroxylation is 1. The van der Waals surface area contributed by atoms with Gasteiger partial charge in [0.05, 0.1) is 23.6 Å². The van der Waals surface area contributed by atoms with Crippen molar-refractivity contribution in [2.24, 2.45) is 0 Å². The highest BCUT2D eigenvalue weighted by molar-refractivity contribution is 8.26. The quantitative estimate of drug-likeness (QED) is 0.519. The van der Waals surface area contributed by atoms with E-state index in [1.165, 1.54) is 23.1 Å². The Morgan fingerprint density at radius 1 is 1.27 bits per heavy atom. The third-order valence-corrected chi connectivity index (χ3v) is 6.77. The van der Waals surface area contributed by atoms with Gasteiger partial charge in [-0.1, -0.05) is 30.0 Å². The Bertz CT molecular complexity index is 1090. The Morgan fingerprint density at radius 3 is 2.77 bits per heavy atom. The molecule has 2 aromatic rings. The molecule has 0 unspecified atom stereocenters. The fourth-order valence-electron chi connectivity index (χ4n) is 3.78. The molecule has 0 bridgehead atoms. The minimum Gasteiger partial charge on any atom is -0.383 e. The Balaban J connectivity index is 1.84. The van der Waals surface area contributed by atoms with Gasteiger partial charge in [-0.15, -0.1) is 0 Å². The van der Waals surface area contributed by atoms with Crippen molar-refractivity contribution in [3.8, 4) is 0 Å². The van der Waals surface area contributed by atoms with Gasteiger partial charge in [0.1, 0.15) is 15.8 Å². The number of rotatable bonds is 5. The average Bonchev–Trinajstić information content (AvgIpc) is 3.02. The zero-order valence-corrected chi connectivity index (χ0v) is 18.7. The normalized spacial score (nSPS) is 18.8. The summed E-state index contributed by atoms with van der Waals surface area (Å²) in [6.45, 7) is 4.44. The SMILES string of the molecule is COCCN1C(=O)C(=Cc2c(N3CCCCC3)nc3c(C)cccn3c2=O)SC1=S. The number of carbonyl (C=O) groups excluding carboxylic acids is 1. The highest BCUT2D eigenvalue weighted by atomic mass is 32.2. The summed E-state index contributed by atoms with van der Waals surface area (Å²) in [7, 11) is 1.59. The van der Waals surface area contributed by atoms with E-state index in [2.05, 4.69) is 4.90 Å². The summed E-state index contributed by atoms with van der Waals surface area (Å²) < 4.78 is 7.11. The van der Waals surface area contributed by atoms with Gasteiger partial charge in [0.15, 0.2) is 0 Å². The minimum absolute atomic E-state index is 0.175. The molecule has 30 heavy (non-hydrogen) atoms. The second-order valence-corrected chi connectivity index (χ2v) is 9.09. The molecule has 4 rings (SSSR count). The first-order valence-corrected chi connectivity index (χ1v) is 11.2. The number of thiocarbonyl (C=S) groups is 1. The lowest BCUT2D eigenvalue weighted by Crippen LogP contribution is -2.34. The fourth-order valence-corrected chi connectivity index (χ4v) is 5.07. The summed E-state index contributed by atoms with van der Waals surface area (Å²) in [6, 6.07) is 3.78. The van der Waals surface area contributed by atoms with Crippen molar-refractivity contribution in [3.63, 3.8) is 0 Å². The van der Waals surface area contributed by atoms with Crippen LogP contribution >= 0.6 is 24.0 Å². The summed E-state index contributed by atoms with van der Waals surface area (Å²) in [6.07, 6.45) is 6.69. The zero-order valence-electron chi connectivity index (χ0n) is 17.1. The van der Waals surface area contributed by atoms with Crippen LogP contribution in [0.1, 0.15) is 30.4 Å². The molecule has 158 valence electrons. The molecule has 2 saturated heterocycles. The van der Waals surface area contributed by atoms with Crippen LogP contribution in [0.4, 0.5) is 5.82 Å². The molecule has 4 heterocycles. The molecule has 0 radical (unpaired) electrons. The number of anilines is 1. The molecule has 0 atom stereocenters. The lowest BCUT2D eigenvalue weighted by atomic mass is 10.1. The Morgan fingerprint density at radius 2 is 2.03 bits per heavy atom. The summed E-state index contributed by atoms with van der Waals surface area (Å²) in [5, 5.41) is 0. The second kappa shape index (κ2) is 8.87. The van der Waals surface area contributed by atoms with Gasteiger partial charge in [0.25, 0.3) is 11.5 Å². The fraction of sp³-hybridized carbons (Fsp3) is 0.429. The maximum atomic E-state index is 13.4. The number of methoxy groups -OCH3 is 1. The van der Waals surface area contributed by atoms with E-state index in [0.717, 1.165) is 31.5 Å². The van der Waals surface area contributed by atoms with E-state index < -0.39 is 0 Å². The van der Waals surface area contributed by atoms with Crippen molar-refractivity contribution in [2.45, 2.75) is 26.2 Å². The molecule has 0 spiro atoms. The van der Waals surface area contributed by atoms with Crippen LogP contribution in [0.15, 0.2) is 28.0 Å². The molecule has 2 aliphatic heterocycles. The van der Waals surface area contributed by atoms with Gasteiger partial charge in [-0.25, -0.2) is 4.98 Å². The third-order valence-electron chi connectivity index (χ3n) is 5.39. The molecular weight excluding hydrogens is 420 g/mol. The van der Waals surface area contributed by atoms with Gasteiger partial charge >= 0.3 is 0 Å². The number of thioether (sulfide) groups is 1. The monoisotopic (exact) mass is 444 g/mol. The maximum absolute atomic E-state index is 13.4.